The fourth-order valence-electron chi connectivity index (χ4n) is 0.697. The van der Waals surface area contributed by atoms with Crippen molar-refractivity contribution in [1.82, 2.24) is 0 Å². The standard InChI is InChI=1S/C9H9ClSe/c10-7-4-8-11-9-5-2-1-3-6-9/h1-7H,8H2. The van der Waals surface area contributed by atoms with Crippen LogP contribution in [0, 0.1) is 0 Å². The number of hydrogen-bond acceptors (Lipinski definition) is 0. The number of hydrogen-bond donors (Lipinski definition) is 0. The molecule has 0 saturated carbocycles. The van der Waals surface area contributed by atoms with Gasteiger partial charge in [-0.05, 0) is 0 Å². The Morgan fingerprint density at radius 2 is 2.00 bits per heavy atom. The molecule has 11 heavy (non-hydrogen) atoms. The molecule has 1 aromatic rings. The van der Waals surface area contributed by atoms with E-state index in [4.69, 9.17) is 11.6 Å². The van der Waals surface area contributed by atoms with Crippen LogP contribution in [0.4, 0.5) is 0 Å². The Hall–Kier alpha value is -0.231. The molecule has 0 nitrogen and oxygen atoms in total. The van der Waals surface area contributed by atoms with Crippen LogP contribution in [0.3, 0.4) is 0 Å². The number of benzene rings is 1. The molecular weight excluding hydrogens is 223 g/mol. The Morgan fingerprint density at radius 3 is 2.64 bits per heavy atom. The van der Waals surface area contributed by atoms with E-state index < -0.39 is 0 Å². The van der Waals surface area contributed by atoms with E-state index in [9.17, 15) is 0 Å². The van der Waals surface area contributed by atoms with Crippen molar-refractivity contribution in [3.05, 3.63) is 41.9 Å². The molecule has 1 aromatic carbocycles. The molecule has 0 atom stereocenters. The minimum atomic E-state index is 0.548. The van der Waals surface area contributed by atoms with Gasteiger partial charge in [0, 0.05) is 0 Å². The number of allylic oxidation sites excluding steroid dienone is 1. The zero-order valence-electron chi connectivity index (χ0n) is 6.03. The minimum absolute atomic E-state index is 0.548. The van der Waals surface area contributed by atoms with Crippen LogP contribution in [0.25, 0.3) is 0 Å². The van der Waals surface area contributed by atoms with Crippen LogP contribution in [-0.2, 0) is 0 Å². The maximum absolute atomic E-state index is 5.40. The predicted octanol–water partition coefficient (Wildman–Crippen LogP) is 2.19. The van der Waals surface area contributed by atoms with Crippen molar-refractivity contribution >= 4 is 31.0 Å². The third-order valence-electron chi connectivity index (χ3n) is 1.18. The molecule has 0 spiro atoms. The zero-order chi connectivity index (χ0) is 7.94. The van der Waals surface area contributed by atoms with E-state index in [0.29, 0.717) is 15.0 Å². The summed E-state index contributed by atoms with van der Waals surface area (Å²) in [7, 11) is 0. The molecule has 0 aliphatic heterocycles. The summed E-state index contributed by atoms with van der Waals surface area (Å²) < 4.78 is 1.43. The monoisotopic (exact) mass is 232 g/mol. The maximum atomic E-state index is 5.40. The second kappa shape index (κ2) is 5.42. The average Bonchev–Trinajstić information content (AvgIpc) is 2.07. The van der Waals surface area contributed by atoms with Crippen LogP contribution in [0.1, 0.15) is 0 Å². The van der Waals surface area contributed by atoms with Crippen LogP contribution in [0.2, 0.25) is 5.32 Å². The van der Waals surface area contributed by atoms with E-state index in [1.807, 2.05) is 12.1 Å². The van der Waals surface area contributed by atoms with Gasteiger partial charge in [-0.1, -0.05) is 0 Å². The third-order valence-corrected chi connectivity index (χ3v) is 3.38. The topological polar surface area (TPSA) is 0 Å². The molecule has 0 radical (unpaired) electrons. The predicted molar refractivity (Wildman–Crippen MR) is 51.6 cm³/mol. The summed E-state index contributed by atoms with van der Waals surface area (Å²) in [5.41, 5.74) is 1.59. The van der Waals surface area contributed by atoms with Crippen molar-refractivity contribution in [1.29, 1.82) is 0 Å². The van der Waals surface area contributed by atoms with Crippen LogP contribution < -0.4 is 4.46 Å². The van der Waals surface area contributed by atoms with Gasteiger partial charge < -0.3 is 0 Å². The van der Waals surface area contributed by atoms with Gasteiger partial charge in [-0.15, -0.1) is 0 Å². The van der Waals surface area contributed by atoms with Crippen molar-refractivity contribution in [2.45, 2.75) is 5.32 Å². The first-order valence-electron chi connectivity index (χ1n) is 3.36. The molecule has 0 fully saturated rings. The summed E-state index contributed by atoms with van der Waals surface area (Å²) in [6, 6.07) is 10.5. The molecule has 0 heterocycles. The van der Waals surface area contributed by atoms with Crippen molar-refractivity contribution in [2.75, 3.05) is 0 Å². The zero-order valence-corrected chi connectivity index (χ0v) is 8.50. The molecule has 0 amide bonds. The first kappa shape index (κ1) is 8.86. The molecule has 0 saturated heterocycles. The first-order valence-corrected chi connectivity index (χ1v) is 5.87. The summed E-state index contributed by atoms with van der Waals surface area (Å²) in [5, 5.41) is 1.08. The quantitative estimate of drug-likeness (QED) is 0.700. The normalized spacial score (nSPS) is 10.6. The van der Waals surface area contributed by atoms with E-state index >= 15 is 0 Å². The second-order valence-corrected chi connectivity index (χ2v) is 4.53. The van der Waals surface area contributed by atoms with Crippen LogP contribution in [-0.4, -0.2) is 15.0 Å². The Labute approximate surface area is 78.4 Å². The van der Waals surface area contributed by atoms with Gasteiger partial charge in [0.1, 0.15) is 0 Å². The van der Waals surface area contributed by atoms with E-state index in [0.717, 1.165) is 5.32 Å². The van der Waals surface area contributed by atoms with Gasteiger partial charge in [0.15, 0.2) is 0 Å². The van der Waals surface area contributed by atoms with E-state index in [-0.39, 0.29) is 0 Å². The Bertz CT molecular complexity index is 218. The number of halogens is 1. The van der Waals surface area contributed by atoms with E-state index in [1.165, 1.54) is 4.46 Å². The van der Waals surface area contributed by atoms with Crippen LogP contribution in [0.5, 0.6) is 0 Å². The molecule has 0 bridgehead atoms. The van der Waals surface area contributed by atoms with Gasteiger partial charge in [-0.2, -0.15) is 0 Å². The first-order chi connectivity index (χ1) is 5.43. The van der Waals surface area contributed by atoms with E-state index in [2.05, 4.69) is 24.3 Å². The molecule has 1 rings (SSSR count). The average molecular weight is 232 g/mol. The number of rotatable bonds is 3. The SMILES string of the molecule is ClC=CC[Se]c1ccccc1. The van der Waals surface area contributed by atoms with Gasteiger partial charge in [0.2, 0.25) is 0 Å². The van der Waals surface area contributed by atoms with Gasteiger partial charge in [0.25, 0.3) is 0 Å². The fourth-order valence-corrected chi connectivity index (χ4v) is 2.57. The summed E-state index contributed by atoms with van der Waals surface area (Å²) in [5.74, 6) is 0. The molecular formula is C9H9ClSe. The third kappa shape index (κ3) is 3.62. The summed E-state index contributed by atoms with van der Waals surface area (Å²) >= 11 is 5.95. The fraction of sp³-hybridized carbons (Fsp3) is 0.111. The summed E-state index contributed by atoms with van der Waals surface area (Å²) in [4.78, 5) is 0. The van der Waals surface area contributed by atoms with Gasteiger partial charge >= 0.3 is 78.3 Å². The van der Waals surface area contributed by atoms with E-state index in [1.54, 1.807) is 5.54 Å². The van der Waals surface area contributed by atoms with Crippen molar-refractivity contribution in [3.63, 3.8) is 0 Å². The summed E-state index contributed by atoms with van der Waals surface area (Å²) in [6.45, 7) is 0. The molecule has 0 aliphatic carbocycles. The van der Waals surface area contributed by atoms with Crippen molar-refractivity contribution in [2.24, 2.45) is 0 Å². The van der Waals surface area contributed by atoms with Crippen molar-refractivity contribution in [3.8, 4) is 0 Å². The van der Waals surface area contributed by atoms with Gasteiger partial charge in [-0.25, -0.2) is 0 Å². The Balaban J connectivity index is 2.39. The van der Waals surface area contributed by atoms with Gasteiger partial charge in [-0.3, -0.25) is 0 Å². The molecule has 0 aromatic heterocycles. The van der Waals surface area contributed by atoms with Gasteiger partial charge in [0.05, 0.1) is 0 Å². The Kier molecular flexibility index (Phi) is 4.37. The second-order valence-electron chi connectivity index (χ2n) is 1.99. The molecule has 58 valence electrons. The molecule has 2 heteroatoms. The Morgan fingerprint density at radius 1 is 1.27 bits per heavy atom. The van der Waals surface area contributed by atoms with Crippen LogP contribution >= 0.6 is 11.6 Å². The molecule has 0 aliphatic rings. The van der Waals surface area contributed by atoms with Crippen LogP contribution in [0.15, 0.2) is 41.9 Å². The van der Waals surface area contributed by atoms with Crippen molar-refractivity contribution < 1.29 is 0 Å². The summed E-state index contributed by atoms with van der Waals surface area (Å²) in [6.07, 6.45) is 1.99. The molecule has 0 N–H and O–H groups in total. The molecule has 0 unspecified atom stereocenters.